The minimum absolute atomic E-state index is 0.00819. The summed E-state index contributed by atoms with van der Waals surface area (Å²) in [5.41, 5.74) is 2.37. The van der Waals surface area contributed by atoms with Crippen LogP contribution in [0.25, 0.3) is 11.0 Å². The molecule has 3 aromatic rings. The third-order valence-electron chi connectivity index (χ3n) is 4.70. The topological polar surface area (TPSA) is 87.2 Å². The third-order valence-corrected chi connectivity index (χ3v) is 4.70. The first-order chi connectivity index (χ1) is 13.1. The van der Waals surface area contributed by atoms with E-state index in [0.717, 1.165) is 36.2 Å². The van der Waals surface area contributed by atoms with Crippen LogP contribution in [-0.4, -0.2) is 64.3 Å². The van der Waals surface area contributed by atoms with Gasteiger partial charge in [0.2, 0.25) is 5.88 Å². The molecule has 1 amide bonds. The minimum Gasteiger partial charge on any atom is -0.471 e. The first-order valence-electron chi connectivity index (χ1n) is 9.00. The number of H-pyrrole nitrogens is 1. The maximum Gasteiger partial charge on any atom is 0.254 e. The van der Waals surface area contributed by atoms with Crippen molar-refractivity contribution in [2.24, 2.45) is 0 Å². The highest BCUT2D eigenvalue weighted by molar-refractivity contribution is 5.97. The number of rotatable bonds is 4. The molecule has 1 saturated heterocycles. The van der Waals surface area contributed by atoms with Gasteiger partial charge in [0, 0.05) is 32.3 Å². The molecule has 1 atom stereocenters. The van der Waals surface area contributed by atoms with Crippen LogP contribution in [-0.2, 0) is 0 Å². The number of nitrogens with zero attached hydrogens (tertiary/aromatic N) is 5. The van der Waals surface area contributed by atoms with Crippen molar-refractivity contribution in [1.29, 1.82) is 0 Å². The molecule has 8 heteroatoms. The maximum absolute atomic E-state index is 12.9. The SMILES string of the molecule is CN(C)c1ccc(OC2CCCN(C(=O)c3ccc4nc[nH]c4c3)C2)nn1. The Bertz CT molecular complexity index is 937. The van der Waals surface area contributed by atoms with Crippen LogP contribution in [0, 0.1) is 0 Å². The van der Waals surface area contributed by atoms with Crippen LogP contribution in [0.5, 0.6) is 5.88 Å². The van der Waals surface area contributed by atoms with Gasteiger partial charge in [-0.1, -0.05) is 0 Å². The molecule has 4 rings (SSSR count). The lowest BCUT2D eigenvalue weighted by Crippen LogP contribution is -2.44. The van der Waals surface area contributed by atoms with E-state index in [9.17, 15) is 4.79 Å². The molecule has 1 aliphatic heterocycles. The number of hydrogen-bond donors (Lipinski definition) is 1. The highest BCUT2D eigenvalue weighted by Gasteiger charge is 2.26. The zero-order chi connectivity index (χ0) is 18.8. The number of fused-ring (bicyclic) bond motifs is 1. The lowest BCUT2D eigenvalue weighted by Gasteiger charge is -2.32. The largest absolute Gasteiger partial charge is 0.471 e. The Morgan fingerprint density at radius 2 is 2.15 bits per heavy atom. The van der Waals surface area contributed by atoms with Crippen molar-refractivity contribution in [1.82, 2.24) is 25.1 Å². The van der Waals surface area contributed by atoms with Crippen molar-refractivity contribution in [2.75, 3.05) is 32.1 Å². The molecule has 0 bridgehead atoms. The molecule has 1 aromatic carbocycles. The van der Waals surface area contributed by atoms with Gasteiger partial charge in [-0.2, -0.15) is 0 Å². The van der Waals surface area contributed by atoms with Crippen LogP contribution in [0.2, 0.25) is 0 Å². The summed E-state index contributed by atoms with van der Waals surface area (Å²) in [6.07, 6.45) is 3.33. The number of aromatic nitrogens is 4. The number of piperidine rings is 1. The second-order valence-corrected chi connectivity index (χ2v) is 6.89. The van der Waals surface area contributed by atoms with Crippen LogP contribution in [0.3, 0.4) is 0 Å². The van der Waals surface area contributed by atoms with E-state index in [0.29, 0.717) is 18.0 Å². The summed E-state index contributed by atoms with van der Waals surface area (Å²) < 4.78 is 5.96. The Labute approximate surface area is 157 Å². The van der Waals surface area contributed by atoms with Crippen LogP contribution in [0.15, 0.2) is 36.7 Å². The highest BCUT2D eigenvalue weighted by atomic mass is 16.5. The number of amides is 1. The number of likely N-dealkylation sites (tertiary alicyclic amines) is 1. The molecule has 8 nitrogen and oxygen atoms in total. The Morgan fingerprint density at radius 3 is 2.93 bits per heavy atom. The molecule has 0 spiro atoms. The monoisotopic (exact) mass is 366 g/mol. The van der Waals surface area contributed by atoms with Crippen molar-refractivity contribution < 1.29 is 9.53 Å². The molecular weight excluding hydrogens is 344 g/mol. The zero-order valence-electron chi connectivity index (χ0n) is 15.4. The molecule has 1 aliphatic rings. The highest BCUT2D eigenvalue weighted by Crippen LogP contribution is 2.20. The first kappa shape index (κ1) is 17.3. The fourth-order valence-electron chi connectivity index (χ4n) is 3.26. The second kappa shape index (κ2) is 7.22. The van der Waals surface area contributed by atoms with Gasteiger partial charge in [0.05, 0.1) is 23.9 Å². The maximum atomic E-state index is 12.9. The number of ether oxygens (including phenoxy) is 1. The van der Waals surface area contributed by atoms with Crippen LogP contribution < -0.4 is 9.64 Å². The van der Waals surface area contributed by atoms with Crippen molar-refractivity contribution >= 4 is 22.8 Å². The number of nitrogens with one attached hydrogen (secondary N) is 1. The minimum atomic E-state index is -0.0851. The average Bonchev–Trinajstić information content (AvgIpc) is 3.16. The van der Waals surface area contributed by atoms with Crippen molar-refractivity contribution in [3.05, 3.63) is 42.2 Å². The number of benzene rings is 1. The van der Waals surface area contributed by atoms with Gasteiger partial charge in [0.25, 0.3) is 5.91 Å². The van der Waals surface area contributed by atoms with Gasteiger partial charge in [0.15, 0.2) is 5.82 Å². The van der Waals surface area contributed by atoms with E-state index in [-0.39, 0.29) is 12.0 Å². The number of anilines is 1. The van der Waals surface area contributed by atoms with Crippen LogP contribution in [0.4, 0.5) is 5.82 Å². The molecule has 1 N–H and O–H groups in total. The molecule has 27 heavy (non-hydrogen) atoms. The van der Waals surface area contributed by atoms with Crippen molar-refractivity contribution in [3.8, 4) is 5.88 Å². The van der Waals surface area contributed by atoms with Crippen molar-refractivity contribution in [3.63, 3.8) is 0 Å². The number of carbonyl (C=O) groups excluding carboxylic acids is 1. The van der Waals surface area contributed by atoms with Crippen LogP contribution in [0.1, 0.15) is 23.2 Å². The predicted octanol–water partition coefficient (Wildman–Crippen LogP) is 2.10. The Kier molecular flexibility index (Phi) is 4.62. The number of imidazole rings is 1. The number of carbonyl (C=O) groups is 1. The number of hydrogen-bond acceptors (Lipinski definition) is 6. The molecule has 1 unspecified atom stereocenters. The fraction of sp³-hybridized carbons (Fsp3) is 0.368. The van der Waals surface area contributed by atoms with Gasteiger partial charge in [-0.3, -0.25) is 4.79 Å². The van der Waals surface area contributed by atoms with Gasteiger partial charge in [-0.05, 0) is 37.1 Å². The summed E-state index contributed by atoms with van der Waals surface area (Å²) in [4.78, 5) is 23.8. The van der Waals surface area contributed by atoms with E-state index in [1.54, 1.807) is 6.33 Å². The van der Waals surface area contributed by atoms with E-state index < -0.39 is 0 Å². The van der Waals surface area contributed by atoms with E-state index >= 15 is 0 Å². The molecular formula is C19H22N6O2. The first-order valence-corrected chi connectivity index (χ1v) is 9.00. The Balaban J connectivity index is 1.43. The summed E-state index contributed by atoms with van der Waals surface area (Å²) in [6, 6.07) is 9.21. The lowest BCUT2D eigenvalue weighted by molar-refractivity contribution is 0.0526. The summed E-state index contributed by atoms with van der Waals surface area (Å²) >= 11 is 0. The standard InChI is InChI=1S/C19H22N6O2/c1-24(2)17-7-8-18(23-22-17)27-14-4-3-9-25(11-14)19(26)13-5-6-15-16(10-13)21-12-20-15/h5-8,10,12,14H,3-4,9,11H2,1-2H3,(H,20,21). The van der Waals surface area contributed by atoms with Gasteiger partial charge < -0.3 is 19.5 Å². The number of aromatic amines is 1. The van der Waals surface area contributed by atoms with E-state index in [4.69, 9.17) is 4.74 Å². The molecule has 3 heterocycles. The van der Waals surface area contributed by atoms with E-state index in [1.165, 1.54) is 0 Å². The zero-order valence-corrected chi connectivity index (χ0v) is 15.4. The molecule has 0 radical (unpaired) electrons. The molecule has 2 aromatic heterocycles. The summed E-state index contributed by atoms with van der Waals surface area (Å²) in [5, 5.41) is 8.25. The normalized spacial score (nSPS) is 17.1. The average molecular weight is 366 g/mol. The molecule has 140 valence electrons. The van der Waals surface area contributed by atoms with Gasteiger partial charge in [-0.15, -0.1) is 10.2 Å². The summed E-state index contributed by atoms with van der Waals surface area (Å²) in [5.74, 6) is 1.27. The molecule has 0 aliphatic carbocycles. The lowest BCUT2D eigenvalue weighted by atomic mass is 10.1. The Morgan fingerprint density at radius 1 is 1.26 bits per heavy atom. The van der Waals surface area contributed by atoms with Gasteiger partial charge in [-0.25, -0.2) is 4.98 Å². The molecule has 1 fully saturated rings. The van der Waals surface area contributed by atoms with Crippen molar-refractivity contribution in [2.45, 2.75) is 18.9 Å². The Hall–Kier alpha value is -3.16. The second-order valence-electron chi connectivity index (χ2n) is 6.89. The third kappa shape index (κ3) is 3.69. The van der Waals surface area contributed by atoms with Gasteiger partial charge in [0.1, 0.15) is 6.10 Å². The predicted molar refractivity (Wildman–Crippen MR) is 102 cm³/mol. The van der Waals surface area contributed by atoms with E-state index in [1.807, 2.05) is 54.2 Å². The molecule has 0 saturated carbocycles. The summed E-state index contributed by atoms with van der Waals surface area (Å²) in [6.45, 7) is 1.27. The fourth-order valence-corrected chi connectivity index (χ4v) is 3.26. The van der Waals surface area contributed by atoms with E-state index in [2.05, 4.69) is 20.2 Å². The quantitative estimate of drug-likeness (QED) is 0.761. The summed E-state index contributed by atoms with van der Waals surface area (Å²) in [7, 11) is 3.82. The van der Waals surface area contributed by atoms with Gasteiger partial charge >= 0.3 is 0 Å². The van der Waals surface area contributed by atoms with Crippen LogP contribution >= 0.6 is 0 Å². The smallest absolute Gasteiger partial charge is 0.254 e.